The van der Waals surface area contributed by atoms with Gasteiger partial charge in [0.1, 0.15) is 0 Å². The minimum Gasteiger partial charge on any atom is -0.367 e. The highest BCUT2D eigenvalue weighted by Crippen LogP contribution is 2.81. The number of rotatable bonds is 10. The molecule has 0 unspecified atom stereocenters. The molecule has 0 saturated heterocycles. The molecule has 0 fully saturated rings. The molecule has 0 saturated carbocycles. The van der Waals surface area contributed by atoms with Gasteiger partial charge in [-0.05, 0) is 27.7 Å². The summed E-state index contributed by atoms with van der Waals surface area (Å²) < 4.78 is 47.5. The average molecular weight is 360 g/mol. The van der Waals surface area contributed by atoms with Crippen LogP contribution < -0.4 is 0 Å². The fourth-order valence-electron chi connectivity index (χ4n) is 2.09. The van der Waals surface area contributed by atoms with E-state index in [4.69, 9.17) is 18.1 Å². The van der Waals surface area contributed by atoms with E-state index >= 15 is 0 Å². The van der Waals surface area contributed by atoms with Gasteiger partial charge in [0, 0.05) is 5.41 Å². The summed E-state index contributed by atoms with van der Waals surface area (Å²) in [5.74, 6) is 0. The highest BCUT2D eigenvalue weighted by atomic mass is 31.2. The summed E-state index contributed by atoms with van der Waals surface area (Å²) in [6.07, 6.45) is 0. The Morgan fingerprint density at radius 3 is 1.09 bits per heavy atom. The van der Waals surface area contributed by atoms with Crippen molar-refractivity contribution in [3.8, 4) is 0 Å². The monoisotopic (exact) mass is 360 g/mol. The molecule has 0 rings (SSSR count). The summed E-state index contributed by atoms with van der Waals surface area (Å²) in [4.78, 5) is 0. The maximum atomic E-state index is 13.3. The number of hydrogen-bond acceptors (Lipinski definition) is 7. The molecule has 0 aromatic rings. The molecule has 0 aliphatic rings. The molecular formula is C13H30O7P2. The topological polar surface area (TPSA) is 91.3 Å². The van der Waals surface area contributed by atoms with Crippen molar-refractivity contribution < 1.29 is 32.3 Å². The van der Waals surface area contributed by atoms with E-state index in [9.17, 15) is 14.2 Å². The second kappa shape index (κ2) is 8.39. The summed E-state index contributed by atoms with van der Waals surface area (Å²) in [6.45, 7) is 11.3. The summed E-state index contributed by atoms with van der Waals surface area (Å²) in [7, 11) is -8.40. The van der Waals surface area contributed by atoms with Gasteiger partial charge in [0.15, 0.2) is 0 Å². The van der Waals surface area contributed by atoms with Gasteiger partial charge in [-0.15, -0.1) is 0 Å². The molecule has 7 nitrogen and oxygen atoms in total. The van der Waals surface area contributed by atoms with Crippen molar-refractivity contribution in [2.24, 2.45) is 5.41 Å². The molecule has 0 aliphatic carbocycles. The number of aliphatic hydroxyl groups is 1. The Labute approximate surface area is 133 Å². The Kier molecular flexibility index (Phi) is 8.48. The lowest BCUT2D eigenvalue weighted by Gasteiger charge is -2.45. The van der Waals surface area contributed by atoms with Crippen molar-refractivity contribution in [3.63, 3.8) is 0 Å². The van der Waals surface area contributed by atoms with E-state index in [0.717, 1.165) is 0 Å². The summed E-state index contributed by atoms with van der Waals surface area (Å²) in [6, 6.07) is 0. The molecule has 22 heavy (non-hydrogen) atoms. The first-order valence-electron chi connectivity index (χ1n) is 7.50. The smallest absolute Gasteiger partial charge is 0.367 e. The lowest BCUT2D eigenvalue weighted by Crippen LogP contribution is -2.44. The lowest BCUT2D eigenvalue weighted by molar-refractivity contribution is 0.0159. The third kappa shape index (κ3) is 4.02. The molecule has 0 aliphatic heterocycles. The molecule has 1 N–H and O–H groups in total. The maximum absolute atomic E-state index is 13.3. The fraction of sp³-hybridized carbons (Fsp3) is 1.00. The van der Waals surface area contributed by atoms with Gasteiger partial charge >= 0.3 is 15.2 Å². The van der Waals surface area contributed by atoms with Crippen molar-refractivity contribution in [1.29, 1.82) is 0 Å². The van der Waals surface area contributed by atoms with Crippen LogP contribution in [0.1, 0.15) is 48.5 Å². The molecular weight excluding hydrogens is 330 g/mol. The molecule has 0 amide bonds. The quantitative estimate of drug-likeness (QED) is 0.583. The molecule has 134 valence electrons. The molecule has 0 aromatic carbocycles. The molecule has 0 spiro atoms. The van der Waals surface area contributed by atoms with E-state index < -0.39 is 25.7 Å². The van der Waals surface area contributed by atoms with Crippen LogP contribution in [0.4, 0.5) is 0 Å². The Morgan fingerprint density at radius 1 is 0.727 bits per heavy atom. The maximum Gasteiger partial charge on any atom is 0.375 e. The van der Waals surface area contributed by atoms with Crippen LogP contribution in [0.5, 0.6) is 0 Å². The van der Waals surface area contributed by atoms with Crippen LogP contribution >= 0.6 is 15.2 Å². The average Bonchev–Trinajstić information content (AvgIpc) is 2.37. The highest BCUT2D eigenvalue weighted by molar-refractivity contribution is 7.74. The van der Waals surface area contributed by atoms with Crippen molar-refractivity contribution in [2.75, 3.05) is 26.4 Å². The van der Waals surface area contributed by atoms with Crippen LogP contribution in [0.25, 0.3) is 0 Å². The van der Waals surface area contributed by atoms with Crippen LogP contribution in [0.15, 0.2) is 0 Å². The third-order valence-electron chi connectivity index (χ3n) is 2.97. The van der Waals surface area contributed by atoms with Gasteiger partial charge in [-0.3, -0.25) is 9.13 Å². The lowest BCUT2D eigenvalue weighted by atomic mass is 9.98. The Morgan fingerprint density at radius 2 is 0.955 bits per heavy atom. The highest BCUT2D eigenvalue weighted by Gasteiger charge is 2.70. The van der Waals surface area contributed by atoms with E-state index in [0.29, 0.717) is 0 Å². The van der Waals surface area contributed by atoms with Gasteiger partial charge in [0.25, 0.3) is 5.08 Å². The normalized spacial score (nSPS) is 14.4. The molecule has 0 atom stereocenters. The first-order valence-corrected chi connectivity index (χ1v) is 10.6. The van der Waals surface area contributed by atoms with E-state index in [1.165, 1.54) is 0 Å². The van der Waals surface area contributed by atoms with Gasteiger partial charge in [0.05, 0.1) is 26.4 Å². The standard InChI is InChI=1S/C13H30O7P2/c1-8-17-21(15,18-9-2)13(14,12(5,6)7)22(16,19-10-3)20-11-4/h14H,8-11H2,1-7H3. The first kappa shape index (κ1) is 22.3. The zero-order valence-corrected chi connectivity index (χ0v) is 16.4. The van der Waals surface area contributed by atoms with Crippen molar-refractivity contribution in [1.82, 2.24) is 0 Å². The van der Waals surface area contributed by atoms with Crippen molar-refractivity contribution in [2.45, 2.75) is 53.5 Å². The minimum atomic E-state index is -4.20. The Bertz CT molecular complexity index is 381. The zero-order valence-electron chi connectivity index (χ0n) is 14.6. The molecule has 9 heteroatoms. The molecule has 0 aromatic heterocycles. The molecule has 0 heterocycles. The Hall–Kier alpha value is 0.260. The van der Waals surface area contributed by atoms with Gasteiger partial charge in [-0.2, -0.15) is 0 Å². The first-order chi connectivity index (χ1) is 9.99. The minimum absolute atomic E-state index is 0.0217. The van der Waals surface area contributed by atoms with Crippen LogP contribution in [0.3, 0.4) is 0 Å². The van der Waals surface area contributed by atoms with Gasteiger partial charge in [-0.1, -0.05) is 20.8 Å². The largest absolute Gasteiger partial charge is 0.375 e. The van der Waals surface area contributed by atoms with Crippen molar-refractivity contribution >= 4 is 15.2 Å². The summed E-state index contributed by atoms with van der Waals surface area (Å²) in [5.41, 5.74) is -1.15. The van der Waals surface area contributed by atoms with Gasteiger partial charge in [-0.25, -0.2) is 0 Å². The molecule has 0 bridgehead atoms. The molecule has 0 radical (unpaired) electrons. The summed E-state index contributed by atoms with van der Waals surface area (Å²) >= 11 is 0. The van der Waals surface area contributed by atoms with Crippen LogP contribution in [0.2, 0.25) is 0 Å². The van der Waals surface area contributed by atoms with Gasteiger partial charge < -0.3 is 23.2 Å². The van der Waals surface area contributed by atoms with E-state index in [1.807, 2.05) is 0 Å². The van der Waals surface area contributed by atoms with E-state index in [-0.39, 0.29) is 26.4 Å². The predicted octanol–water partition coefficient (Wildman–Crippen LogP) is 4.21. The predicted molar refractivity (Wildman–Crippen MR) is 86.1 cm³/mol. The number of hydrogen-bond donors (Lipinski definition) is 1. The van der Waals surface area contributed by atoms with Crippen LogP contribution in [0, 0.1) is 5.41 Å². The van der Waals surface area contributed by atoms with Crippen LogP contribution in [-0.4, -0.2) is 36.6 Å². The SMILES string of the molecule is CCOP(=O)(OCC)C(O)(C(C)(C)C)P(=O)(OCC)OCC. The summed E-state index contributed by atoms with van der Waals surface area (Å²) in [5, 5.41) is 8.86. The van der Waals surface area contributed by atoms with Crippen LogP contribution in [-0.2, 0) is 27.2 Å². The zero-order chi connectivity index (χ0) is 17.7. The van der Waals surface area contributed by atoms with E-state index in [2.05, 4.69) is 0 Å². The second-order valence-corrected chi connectivity index (χ2v) is 10.2. The fourth-order valence-corrected chi connectivity index (χ4v) is 7.85. The van der Waals surface area contributed by atoms with E-state index in [1.54, 1.807) is 48.5 Å². The second-order valence-electron chi connectivity index (χ2n) is 5.55. The Balaban J connectivity index is 6.38. The van der Waals surface area contributed by atoms with Crippen molar-refractivity contribution in [3.05, 3.63) is 0 Å². The third-order valence-corrected chi connectivity index (χ3v) is 9.70. The van der Waals surface area contributed by atoms with Gasteiger partial charge in [0.2, 0.25) is 0 Å².